The van der Waals surface area contributed by atoms with Gasteiger partial charge in [0, 0.05) is 24.9 Å². The summed E-state index contributed by atoms with van der Waals surface area (Å²) >= 11 is 0. The number of benzene rings is 2. The van der Waals surface area contributed by atoms with Gasteiger partial charge in [-0.15, -0.1) is 0 Å². The summed E-state index contributed by atoms with van der Waals surface area (Å²) in [6.07, 6.45) is 6.78. The standard InChI is InChI=1S/2C16H19N3O3/c20-15-11-4-1-2-5-12(11)18-10-19(15)9-16(21)8-13-14(22-16)6-3-7-17-13;20-11(8-14-15(21)6-3-7-17-14)9-19-10-18-13-5-2-1-4-12(13)16(19)22/h1-2,4-5,10,13-14,17,21H,3,6-9H2;1-2,4-5,10,14-15,17,21H,3,6-9H2/t13-,14-,16?;14-,15+/m01/s1. The van der Waals surface area contributed by atoms with Crippen LogP contribution in [0.4, 0.5) is 0 Å². The van der Waals surface area contributed by atoms with Crippen LogP contribution in [0.5, 0.6) is 0 Å². The number of rotatable bonds is 6. The highest BCUT2D eigenvalue weighted by Crippen LogP contribution is 2.33. The lowest BCUT2D eigenvalue weighted by Crippen LogP contribution is -2.46. The number of ether oxygens (including phenoxy) is 1. The van der Waals surface area contributed by atoms with Gasteiger partial charge < -0.3 is 25.6 Å². The molecule has 12 nitrogen and oxygen atoms in total. The quantitative estimate of drug-likeness (QED) is 0.252. The average molecular weight is 603 g/mol. The third kappa shape index (κ3) is 6.64. The topological polar surface area (TPSA) is 161 Å². The van der Waals surface area contributed by atoms with Crippen molar-refractivity contribution in [2.75, 3.05) is 13.1 Å². The van der Waals surface area contributed by atoms with Gasteiger partial charge >= 0.3 is 0 Å². The SMILES string of the molecule is O=C(C[C@H]1NCCC[C@@H]1O)Cn1cnc2ccccc2c1=O.O=c1c2ccccc2ncn1CC1(O)C[C@@H]2NCCC[C@@H]2O1. The Balaban J connectivity index is 0.000000156. The van der Waals surface area contributed by atoms with Gasteiger partial charge in [-0.25, -0.2) is 9.97 Å². The summed E-state index contributed by atoms with van der Waals surface area (Å²) in [7, 11) is 0. The number of fused-ring (bicyclic) bond motifs is 3. The number of aromatic nitrogens is 4. The Hall–Kier alpha value is -3.81. The van der Waals surface area contributed by atoms with Gasteiger partial charge in [-0.3, -0.25) is 23.5 Å². The van der Waals surface area contributed by atoms with Crippen LogP contribution in [0.1, 0.15) is 38.5 Å². The number of aliphatic hydroxyl groups is 2. The van der Waals surface area contributed by atoms with Gasteiger partial charge in [0.25, 0.3) is 11.1 Å². The van der Waals surface area contributed by atoms with Crippen molar-refractivity contribution >= 4 is 27.6 Å². The molecule has 5 heterocycles. The van der Waals surface area contributed by atoms with Gasteiger partial charge in [0.05, 0.1) is 59.8 Å². The molecule has 0 aliphatic carbocycles. The Kier molecular flexibility index (Phi) is 8.96. The Morgan fingerprint density at radius 1 is 0.909 bits per heavy atom. The highest BCUT2D eigenvalue weighted by atomic mass is 16.6. The van der Waals surface area contributed by atoms with Gasteiger partial charge in [-0.1, -0.05) is 24.3 Å². The minimum absolute atomic E-state index is 0.0123. The highest BCUT2D eigenvalue weighted by molar-refractivity contribution is 5.80. The van der Waals surface area contributed by atoms with E-state index in [4.69, 9.17) is 4.74 Å². The third-order valence-corrected chi connectivity index (χ3v) is 8.65. The van der Waals surface area contributed by atoms with E-state index in [9.17, 15) is 24.6 Å². The molecule has 0 radical (unpaired) electrons. The van der Waals surface area contributed by atoms with Crippen molar-refractivity contribution in [1.82, 2.24) is 29.7 Å². The summed E-state index contributed by atoms with van der Waals surface area (Å²) in [6.45, 7) is 1.87. The Morgan fingerprint density at radius 2 is 1.52 bits per heavy atom. The molecule has 0 saturated carbocycles. The number of piperidine rings is 2. The molecular formula is C32H38N6O6. The van der Waals surface area contributed by atoms with Gasteiger partial charge in [0.1, 0.15) is 0 Å². The zero-order chi connectivity index (χ0) is 30.7. The number of hydrogen-bond donors (Lipinski definition) is 4. The maximum Gasteiger partial charge on any atom is 0.261 e. The molecule has 12 heteroatoms. The van der Waals surface area contributed by atoms with Gasteiger partial charge in [0.15, 0.2) is 11.6 Å². The van der Waals surface area contributed by atoms with E-state index in [1.165, 1.54) is 21.8 Å². The lowest BCUT2D eigenvalue weighted by molar-refractivity contribution is -0.202. The lowest BCUT2D eigenvalue weighted by atomic mass is 9.97. The number of ketones is 1. The summed E-state index contributed by atoms with van der Waals surface area (Å²) in [5.41, 5.74) is 0.931. The summed E-state index contributed by atoms with van der Waals surface area (Å²) < 4.78 is 8.61. The fourth-order valence-electron chi connectivity index (χ4n) is 6.39. The first-order chi connectivity index (χ1) is 21.3. The third-order valence-electron chi connectivity index (χ3n) is 8.65. The van der Waals surface area contributed by atoms with Crippen molar-refractivity contribution in [3.05, 3.63) is 81.9 Å². The van der Waals surface area contributed by atoms with Crippen LogP contribution in [0.2, 0.25) is 0 Å². The molecule has 2 aromatic carbocycles. The van der Waals surface area contributed by atoms with Crippen LogP contribution in [0.25, 0.3) is 21.8 Å². The molecule has 2 aromatic heterocycles. The molecule has 4 N–H and O–H groups in total. The van der Waals surface area contributed by atoms with E-state index in [0.717, 1.165) is 32.4 Å². The summed E-state index contributed by atoms with van der Waals surface area (Å²) in [5, 5.41) is 28.2. The van der Waals surface area contributed by atoms with Crippen LogP contribution in [0, 0.1) is 0 Å². The normalized spacial score (nSPS) is 26.6. The van der Waals surface area contributed by atoms with Crippen molar-refractivity contribution in [1.29, 1.82) is 0 Å². The summed E-state index contributed by atoms with van der Waals surface area (Å²) in [4.78, 5) is 45.5. The average Bonchev–Trinajstić information content (AvgIpc) is 3.37. The molecule has 4 aromatic rings. The molecule has 3 aliphatic rings. The van der Waals surface area contributed by atoms with Crippen molar-refractivity contribution in [3.63, 3.8) is 0 Å². The molecule has 3 saturated heterocycles. The number of nitrogens with one attached hydrogen (secondary N) is 2. The maximum absolute atomic E-state index is 12.5. The Morgan fingerprint density at radius 3 is 2.20 bits per heavy atom. The van der Waals surface area contributed by atoms with Crippen molar-refractivity contribution in [3.8, 4) is 0 Å². The van der Waals surface area contributed by atoms with Crippen LogP contribution in [-0.2, 0) is 22.6 Å². The van der Waals surface area contributed by atoms with E-state index >= 15 is 0 Å². The van der Waals surface area contributed by atoms with E-state index in [-0.39, 0.29) is 54.6 Å². The number of carbonyl (C=O) groups is 1. The van der Waals surface area contributed by atoms with E-state index in [1.807, 2.05) is 18.2 Å². The minimum atomic E-state index is -1.30. The number of nitrogens with zero attached hydrogens (tertiary/aromatic N) is 4. The Labute approximate surface area is 253 Å². The van der Waals surface area contributed by atoms with Crippen LogP contribution in [-0.4, -0.2) is 78.3 Å². The Bertz CT molecular complexity index is 1740. The summed E-state index contributed by atoms with van der Waals surface area (Å²) in [5.74, 6) is -1.39. The first-order valence-corrected chi connectivity index (χ1v) is 15.2. The van der Waals surface area contributed by atoms with Gasteiger partial charge in [-0.2, -0.15) is 0 Å². The minimum Gasteiger partial charge on any atom is -0.391 e. The van der Waals surface area contributed by atoms with Crippen LogP contribution < -0.4 is 21.8 Å². The van der Waals surface area contributed by atoms with E-state index in [1.54, 1.807) is 30.3 Å². The molecule has 232 valence electrons. The van der Waals surface area contributed by atoms with Gasteiger partial charge in [0.2, 0.25) is 0 Å². The summed E-state index contributed by atoms with van der Waals surface area (Å²) in [6, 6.07) is 14.2. The fraction of sp³-hybridized carbons (Fsp3) is 0.469. The molecule has 0 bridgehead atoms. The second kappa shape index (κ2) is 13.0. The first-order valence-electron chi connectivity index (χ1n) is 15.2. The van der Waals surface area contributed by atoms with Crippen molar-refractivity contribution in [2.45, 2.75) is 81.7 Å². The lowest BCUT2D eigenvalue weighted by Gasteiger charge is -2.28. The second-order valence-electron chi connectivity index (χ2n) is 11.9. The molecule has 3 fully saturated rings. The second-order valence-corrected chi connectivity index (χ2v) is 11.9. The van der Waals surface area contributed by atoms with Crippen LogP contribution in [0.15, 0.2) is 70.8 Å². The number of aliphatic hydroxyl groups excluding tert-OH is 1. The molecule has 0 spiro atoms. The fourth-order valence-corrected chi connectivity index (χ4v) is 6.39. The zero-order valence-electron chi connectivity index (χ0n) is 24.5. The first kappa shape index (κ1) is 30.2. The molecule has 5 atom stereocenters. The molecule has 0 amide bonds. The molecule has 1 unspecified atom stereocenters. The molecule has 44 heavy (non-hydrogen) atoms. The number of carbonyl (C=O) groups excluding carboxylic acids is 1. The smallest absolute Gasteiger partial charge is 0.261 e. The van der Waals surface area contributed by atoms with E-state index < -0.39 is 11.9 Å². The highest BCUT2D eigenvalue weighted by Gasteiger charge is 2.46. The molecule has 7 rings (SSSR count). The molecule has 3 aliphatic heterocycles. The maximum atomic E-state index is 12.5. The number of para-hydroxylation sites is 2. The van der Waals surface area contributed by atoms with E-state index in [0.29, 0.717) is 34.6 Å². The van der Waals surface area contributed by atoms with E-state index in [2.05, 4.69) is 20.6 Å². The van der Waals surface area contributed by atoms with Gasteiger partial charge in [-0.05, 0) is 63.0 Å². The zero-order valence-corrected chi connectivity index (χ0v) is 24.5. The van der Waals surface area contributed by atoms with Crippen molar-refractivity contribution < 1.29 is 19.7 Å². The predicted molar refractivity (Wildman–Crippen MR) is 164 cm³/mol. The number of Topliss-reactive ketones (excluding diaryl/α,β-unsaturated/α-hetero) is 1. The molecular weight excluding hydrogens is 564 g/mol. The van der Waals surface area contributed by atoms with Crippen LogP contribution >= 0.6 is 0 Å². The van der Waals surface area contributed by atoms with Crippen LogP contribution in [0.3, 0.4) is 0 Å². The monoisotopic (exact) mass is 602 g/mol. The number of hydrogen-bond acceptors (Lipinski definition) is 10. The predicted octanol–water partition coefficient (Wildman–Crippen LogP) is 1.09. The van der Waals surface area contributed by atoms with Crippen molar-refractivity contribution in [2.24, 2.45) is 0 Å². The largest absolute Gasteiger partial charge is 0.391 e.